The van der Waals surface area contributed by atoms with Gasteiger partial charge in [0.2, 0.25) is 0 Å². The highest BCUT2D eigenvalue weighted by atomic mass is 16.5. The van der Waals surface area contributed by atoms with Crippen molar-refractivity contribution in [2.45, 2.75) is 39.5 Å². The molecule has 8 nitrogen and oxygen atoms in total. The van der Waals surface area contributed by atoms with Crippen LogP contribution >= 0.6 is 0 Å². The van der Waals surface area contributed by atoms with Gasteiger partial charge in [0.25, 0.3) is 5.56 Å². The average molecular weight is 384 g/mol. The molecular weight excluding hydrogens is 360 g/mol. The molecule has 0 amide bonds. The van der Waals surface area contributed by atoms with Gasteiger partial charge >= 0.3 is 5.97 Å². The molecular formula is C20H24N4O4. The number of rotatable bonds is 8. The third-order valence-electron chi connectivity index (χ3n) is 4.48. The van der Waals surface area contributed by atoms with Crippen molar-refractivity contribution in [3.05, 3.63) is 39.8 Å². The summed E-state index contributed by atoms with van der Waals surface area (Å²) in [7, 11) is 1.73. The topological polar surface area (TPSA) is 110 Å². The number of fused-ring (bicyclic) bond motifs is 1. The standard InChI is InChI=1S/C20H24N4O4/c1-4-6-14-17-18(24(3)23-14)20(27)22-19(21-17)13-11-12(8-10-16(25)26)7-9-15(13)28-5-2/h7,9,11H,4-6,8,10H2,1-3H3,(H,25,26)(H,21,22,27). The summed E-state index contributed by atoms with van der Waals surface area (Å²) in [6.07, 6.45) is 2.03. The van der Waals surface area contributed by atoms with Crippen LogP contribution in [0.5, 0.6) is 5.75 Å². The molecule has 2 N–H and O–H groups in total. The van der Waals surface area contributed by atoms with Crippen molar-refractivity contribution in [3.63, 3.8) is 0 Å². The SMILES string of the molecule is CCCc1nn(C)c2c(=O)[nH]c(-c3cc(CCC(=O)O)ccc3OCC)nc12. The van der Waals surface area contributed by atoms with E-state index in [-0.39, 0.29) is 12.0 Å². The van der Waals surface area contributed by atoms with E-state index in [1.165, 1.54) is 0 Å². The van der Waals surface area contributed by atoms with Crippen LogP contribution in [0.4, 0.5) is 0 Å². The number of aryl methyl sites for hydroxylation is 3. The number of aromatic amines is 1. The zero-order valence-electron chi connectivity index (χ0n) is 16.3. The molecule has 0 saturated heterocycles. The van der Waals surface area contributed by atoms with Gasteiger partial charge in [0.05, 0.1) is 17.9 Å². The number of hydrogen-bond acceptors (Lipinski definition) is 5. The Morgan fingerprint density at radius 1 is 1.29 bits per heavy atom. The summed E-state index contributed by atoms with van der Waals surface area (Å²) in [6, 6.07) is 5.45. The van der Waals surface area contributed by atoms with E-state index in [1.54, 1.807) is 17.8 Å². The van der Waals surface area contributed by atoms with Gasteiger partial charge in [0, 0.05) is 13.5 Å². The van der Waals surface area contributed by atoms with Crippen LogP contribution in [0.3, 0.4) is 0 Å². The average Bonchev–Trinajstić information content (AvgIpc) is 2.97. The first-order valence-corrected chi connectivity index (χ1v) is 9.38. The maximum absolute atomic E-state index is 12.7. The Balaban J connectivity index is 2.16. The van der Waals surface area contributed by atoms with Gasteiger partial charge in [-0.05, 0) is 37.5 Å². The largest absolute Gasteiger partial charge is 0.493 e. The number of nitrogens with one attached hydrogen (secondary N) is 1. The molecule has 3 rings (SSSR count). The van der Waals surface area contributed by atoms with Gasteiger partial charge in [-0.1, -0.05) is 19.4 Å². The predicted octanol–water partition coefficient (Wildman–Crippen LogP) is 2.69. The number of carbonyl (C=O) groups is 1. The molecule has 148 valence electrons. The summed E-state index contributed by atoms with van der Waals surface area (Å²) < 4.78 is 7.27. The molecule has 0 aliphatic rings. The molecule has 0 fully saturated rings. The van der Waals surface area contributed by atoms with Crippen LogP contribution in [0.1, 0.15) is 37.9 Å². The Morgan fingerprint density at radius 2 is 2.07 bits per heavy atom. The molecule has 0 aliphatic carbocycles. The van der Waals surface area contributed by atoms with Crippen molar-refractivity contribution in [1.29, 1.82) is 0 Å². The quantitative estimate of drug-likeness (QED) is 0.618. The van der Waals surface area contributed by atoms with Crippen molar-refractivity contribution in [2.24, 2.45) is 7.05 Å². The van der Waals surface area contributed by atoms with Gasteiger partial charge in [-0.15, -0.1) is 0 Å². The number of hydrogen-bond donors (Lipinski definition) is 2. The molecule has 1 aromatic carbocycles. The molecule has 8 heteroatoms. The molecule has 0 atom stereocenters. The maximum Gasteiger partial charge on any atom is 0.303 e. The van der Waals surface area contributed by atoms with Crippen molar-refractivity contribution in [1.82, 2.24) is 19.7 Å². The highest BCUT2D eigenvalue weighted by Crippen LogP contribution is 2.30. The van der Waals surface area contributed by atoms with Crippen LogP contribution < -0.4 is 10.3 Å². The molecule has 0 radical (unpaired) electrons. The fourth-order valence-corrected chi connectivity index (χ4v) is 3.23. The molecule has 3 aromatic rings. The Morgan fingerprint density at radius 3 is 2.75 bits per heavy atom. The summed E-state index contributed by atoms with van der Waals surface area (Å²) in [4.78, 5) is 31.1. The Hall–Kier alpha value is -3.16. The van der Waals surface area contributed by atoms with Gasteiger partial charge in [0.1, 0.15) is 17.1 Å². The van der Waals surface area contributed by atoms with E-state index in [2.05, 4.69) is 15.1 Å². The molecule has 2 heterocycles. The number of ether oxygens (including phenoxy) is 1. The highest BCUT2D eigenvalue weighted by Gasteiger charge is 2.17. The summed E-state index contributed by atoms with van der Waals surface area (Å²) in [5.41, 5.74) is 3.01. The minimum absolute atomic E-state index is 0.0274. The molecule has 28 heavy (non-hydrogen) atoms. The Kier molecular flexibility index (Phi) is 5.77. The van der Waals surface area contributed by atoms with Crippen LogP contribution in [-0.4, -0.2) is 37.4 Å². The third kappa shape index (κ3) is 3.90. The fraction of sp³-hybridized carbons (Fsp3) is 0.400. The van der Waals surface area contributed by atoms with Gasteiger partial charge in [-0.3, -0.25) is 14.3 Å². The normalized spacial score (nSPS) is 11.1. The third-order valence-corrected chi connectivity index (χ3v) is 4.48. The van der Waals surface area contributed by atoms with Crippen LogP contribution in [0, 0.1) is 0 Å². The van der Waals surface area contributed by atoms with Gasteiger partial charge in [-0.25, -0.2) is 4.98 Å². The smallest absolute Gasteiger partial charge is 0.303 e. The summed E-state index contributed by atoms with van der Waals surface area (Å²) in [5.74, 6) is 0.122. The number of carboxylic acid groups (broad SMARTS) is 1. The van der Waals surface area contributed by atoms with E-state index < -0.39 is 5.97 Å². The number of aromatic nitrogens is 4. The zero-order valence-corrected chi connectivity index (χ0v) is 16.3. The first-order valence-electron chi connectivity index (χ1n) is 9.38. The van der Waals surface area contributed by atoms with Crippen molar-refractivity contribution in [2.75, 3.05) is 6.61 Å². The second-order valence-corrected chi connectivity index (χ2v) is 6.59. The fourth-order valence-electron chi connectivity index (χ4n) is 3.23. The lowest BCUT2D eigenvalue weighted by Gasteiger charge is -2.12. The predicted molar refractivity (Wildman–Crippen MR) is 106 cm³/mol. The maximum atomic E-state index is 12.7. The lowest BCUT2D eigenvalue weighted by molar-refractivity contribution is -0.136. The molecule has 0 unspecified atom stereocenters. The monoisotopic (exact) mass is 384 g/mol. The molecule has 0 spiro atoms. The van der Waals surface area contributed by atoms with E-state index in [0.717, 1.165) is 24.1 Å². The zero-order chi connectivity index (χ0) is 20.3. The number of benzene rings is 1. The minimum Gasteiger partial charge on any atom is -0.493 e. The van der Waals surface area contributed by atoms with Crippen molar-refractivity contribution in [3.8, 4) is 17.1 Å². The molecule has 0 aliphatic heterocycles. The van der Waals surface area contributed by atoms with E-state index in [1.807, 2.05) is 26.0 Å². The summed E-state index contributed by atoms with van der Waals surface area (Å²) in [6.45, 7) is 4.39. The van der Waals surface area contributed by atoms with Gasteiger partial charge < -0.3 is 14.8 Å². The number of aliphatic carboxylic acids is 1. The van der Waals surface area contributed by atoms with Crippen molar-refractivity contribution < 1.29 is 14.6 Å². The number of nitrogens with zero attached hydrogens (tertiary/aromatic N) is 3. The van der Waals surface area contributed by atoms with Gasteiger partial charge in [0.15, 0.2) is 5.52 Å². The lowest BCUT2D eigenvalue weighted by Crippen LogP contribution is -2.13. The van der Waals surface area contributed by atoms with E-state index in [9.17, 15) is 9.59 Å². The molecule has 0 saturated carbocycles. The molecule has 2 aromatic heterocycles. The minimum atomic E-state index is -0.858. The summed E-state index contributed by atoms with van der Waals surface area (Å²) in [5, 5.41) is 13.4. The Bertz CT molecular complexity index is 1070. The van der Waals surface area contributed by atoms with Crippen LogP contribution in [0.2, 0.25) is 0 Å². The summed E-state index contributed by atoms with van der Waals surface area (Å²) >= 11 is 0. The molecule has 0 bridgehead atoms. The first kappa shape index (κ1) is 19.6. The number of carboxylic acids is 1. The van der Waals surface area contributed by atoms with Crippen molar-refractivity contribution >= 4 is 17.0 Å². The second-order valence-electron chi connectivity index (χ2n) is 6.59. The first-order chi connectivity index (χ1) is 13.4. The van der Waals surface area contributed by atoms with E-state index >= 15 is 0 Å². The van der Waals surface area contributed by atoms with Crippen LogP contribution in [-0.2, 0) is 24.7 Å². The second kappa shape index (κ2) is 8.24. The van der Waals surface area contributed by atoms with Gasteiger partial charge in [-0.2, -0.15) is 5.10 Å². The highest BCUT2D eigenvalue weighted by molar-refractivity contribution is 5.80. The Labute approximate surface area is 162 Å². The number of H-pyrrole nitrogens is 1. The van der Waals surface area contributed by atoms with E-state index in [0.29, 0.717) is 41.2 Å². The van der Waals surface area contributed by atoms with E-state index in [4.69, 9.17) is 9.84 Å². The van der Waals surface area contributed by atoms with Crippen LogP contribution in [0.15, 0.2) is 23.0 Å². The lowest BCUT2D eigenvalue weighted by atomic mass is 10.0. The van der Waals surface area contributed by atoms with Crippen LogP contribution in [0.25, 0.3) is 22.4 Å².